The number of para-hydroxylation sites is 1. The first-order valence-corrected chi connectivity index (χ1v) is 9.30. The van der Waals surface area contributed by atoms with Crippen molar-refractivity contribution in [3.63, 3.8) is 0 Å². The number of amides is 1. The molecule has 3 nitrogen and oxygen atoms in total. The van der Waals surface area contributed by atoms with Crippen LogP contribution in [0.1, 0.15) is 30.9 Å². The predicted molar refractivity (Wildman–Crippen MR) is 96.9 cm³/mol. The minimum atomic E-state index is 0.242. The zero-order valence-electron chi connectivity index (χ0n) is 14.1. The summed E-state index contributed by atoms with van der Waals surface area (Å²) in [4.78, 5) is 19.2. The van der Waals surface area contributed by atoms with Crippen LogP contribution in [-0.2, 0) is 4.79 Å². The molecular weight excluding hydrogens is 304 g/mol. The Bertz CT molecular complexity index is 729. The number of aromatic nitrogens is 1. The van der Waals surface area contributed by atoms with Gasteiger partial charge in [-0.2, -0.15) is 0 Å². The summed E-state index contributed by atoms with van der Waals surface area (Å²) in [6.07, 6.45) is 2.37. The van der Waals surface area contributed by atoms with Gasteiger partial charge < -0.3 is 4.90 Å². The molecule has 3 rings (SSSR count). The van der Waals surface area contributed by atoms with E-state index in [0.29, 0.717) is 11.7 Å². The molecule has 23 heavy (non-hydrogen) atoms. The van der Waals surface area contributed by atoms with Crippen molar-refractivity contribution in [3.8, 4) is 0 Å². The number of hydrogen-bond acceptors (Lipinski definition) is 3. The summed E-state index contributed by atoms with van der Waals surface area (Å²) in [6.45, 7) is 8.24. The zero-order valence-corrected chi connectivity index (χ0v) is 14.9. The molecule has 1 aliphatic rings. The number of fused-ring (bicyclic) bond motifs is 1. The van der Waals surface area contributed by atoms with Gasteiger partial charge in [0.2, 0.25) is 5.91 Å². The first kappa shape index (κ1) is 16.3. The molecule has 2 heterocycles. The minimum absolute atomic E-state index is 0.242. The molecule has 0 radical (unpaired) electrons. The van der Waals surface area contributed by atoms with E-state index >= 15 is 0 Å². The lowest BCUT2D eigenvalue weighted by Crippen LogP contribution is -2.40. The lowest BCUT2D eigenvalue weighted by atomic mass is 10.0. The molecule has 1 aromatic carbocycles. The average Bonchev–Trinajstić information content (AvgIpc) is 2.53. The van der Waals surface area contributed by atoms with Crippen LogP contribution >= 0.6 is 11.8 Å². The van der Waals surface area contributed by atoms with Gasteiger partial charge in [-0.25, -0.2) is 4.98 Å². The average molecular weight is 328 g/mol. The number of nitrogens with zero attached hydrogens (tertiary/aromatic N) is 2. The first-order valence-electron chi connectivity index (χ1n) is 8.32. The third-order valence-electron chi connectivity index (χ3n) is 4.58. The van der Waals surface area contributed by atoms with E-state index in [0.717, 1.165) is 30.1 Å². The van der Waals surface area contributed by atoms with Gasteiger partial charge >= 0.3 is 0 Å². The van der Waals surface area contributed by atoms with Gasteiger partial charge in [-0.15, -0.1) is 0 Å². The van der Waals surface area contributed by atoms with Crippen LogP contribution in [0.4, 0.5) is 0 Å². The number of aryl methyl sites for hydroxylation is 2. The maximum Gasteiger partial charge on any atom is 0.232 e. The highest BCUT2D eigenvalue weighted by Crippen LogP contribution is 2.26. The molecule has 1 saturated heterocycles. The molecule has 1 amide bonds. The van der Waals surface area contributed by atoms with E-state index < -0.39 is 0 Å². The van der Waals surface area contributed by atoms with E-state index in [1.54, 1.807) is 11.8 Å². The largest absolute Gasteiger partial charge is 0.342 e. The van der Waals surface area contributed by atoms with Crippen molar-refractivity contribution in [2.45, 2.75) is 38.6 Å². The Hall–Kier alpha value is -1.55. The van der Waals surface area contributed by atoms with Crippen LogP contribution in [0, 0.1) is 19.8 Å². The molecule has 4 heteroatoms. The van der Waals surface area contributed by atoms with Crippen molar-refractivity contribution in [3.05, 3.63) is 35.4 Å². The summed E-state index contributed by atoms with van der Waals surface area (Å²) in [7, 11) is 0. The number of hydrogen-bond donors (Lipinski definition) is 0. The van der Waals surface area contributed by atoms with Crippen molar-refractivity contribution in [1.29, 1.82) is 0 Å². The van der Waals surface area contributed by atoms with Gasteiger partial charge in [0, 0.05) is 18.5 Å². The Balaban J connectivity index is 1.72. The van der Waals surface area contributed by atoms with Crippen LogP contribution in [-0.4, -0.2) is 34.6 Å². The minimum Gasteiger partial charge on any atom is -0.342 e. The number of piperidine rings is 1. The molecule has 2 aromatic rings. The molecule has 0 aliphatic carbocycles. The van der Waals surface area contributed by atoms with Gasteiger partial charge in [0.05, 0.1) is 16.3 Å². The lowest BCUT2D eigenvalue weighted by molar-refractivity contribution is -0.130. The normalized spacial score (nSPS) is 18.4. The van der Waals surface area contributed by atoms with Crippen molar-refractivity contribution in [2.24, 2.45) is 5.92 Å². The first-order chi connectivity index (χ1) is 11.0. The van der Waals surface area contributed by atoms with Gasteiger partial charge in [-0.1, -0.05) is 36.9 Å². The Labute approximate surface area is 142 Å². The van der Waals surface area contributed by atoms with E-state index in [1.807, 2.05) is 4.90 Å². The molecule has 1 aliphatic heterocycles. The van der Waals surface area contributed by atoms with Gasteiger partial charge in [0.1, 0.15) is 0 Å². The maximum absolute atomic E-state index is 12.4. The lowest BCUT2D eigenvalue weighted by Gasteiger charge is -2.30. The second-order valence-electron chi connectivity index (χ2n) is 6.62. The van der Waals surface area contributed by atoms with E-state index in [4.69, 9.17) is 4.98 Å². The molecule has 0 saturated carbocycles. The van der Waals surface area contributed by atoms with Crippen LogP contribution in [0.2, 0.25) is 0 Å². The third-order valence-corrected chi connectivity index (χ3v) is 5.47. The summed E-state index contributed by atoms with van der Waals surface area (Å²) in [5, 5.41) is 2.15. The fraction of sp³-hybridized carbons (Fsp3) is 0.474. The van der Waals surface area contributed by atoms with E-state index in [2.05, 4.69) is 45.0 Å². The molecule has 122 valence electrons. The summed E-state index contributed by atoms with van der Waals surface area (Å²) in [5.74, 6) is 1.35. The number of rotatable bonds is 3. The van der Waals surface area contributed by atoms with E-state index in [1.165, 1.54) is 22.9 Å². The van der Waals surface area contributed by atoms with Gasteiger partial charge in [-0.05, 0) is 49.8 Å². The predicted octanol–water partition coefficient (Wildman–Crippen LogP) is 4.20. The quantitative estimate of drug-likeness (QED) is 0.792. The summed E-state index contributed by atoms with van der Waals surface area (Å²) < 4.78 is 0. The summed E-state index contributed by atoms with van der Waals surface area (Å²) in [6, 6.07) is 8.36. The van der Waals surface area contributed by atoms with Crippen LogP contribution in [0.5, 0.6) is 0 Å². The van der Waals surface area contributed by atoms with Crippen molar-refractivity contribution < 1.29 is 4.79 Å². The van der Waals surface area contributed by atoms with Gasteiger partial charge in [-0.3, -0.25) is 4.79 Å². The molecule has 0 N–H and O–H groups in total. The molecule has 1 fully saturated rings. The van der Waals surface area contributed by atoms with Crippen LogP contribution in [0.3, 0.4) is 0 Å². The SMILES string of the molecule is Cc1cc(SCC(=O)N2CCC[C@@H](C)C2)nc2c(C)cccc12. The highest BCUT2D eigenvalue weighted by atomic mass is 32.2. The van der Waals surface area contributed by atoms with Crippen molar-refractivity contribution >= 4 is 28.6 Å². The van der Waals surface area contributed by atoms with Gasteiger partial charge in [0.15, 0.2) is 0 Å². The number of pyridine rings is 1. The highest BCUT2D eigenvalue weighted by Gasteiger charge is 2.21. The van der Waals surface area contributed by atoms with Crippen molar-refractivity contribution in [1.82, 2.24) is 9.88 Å². The topological polar surface area (TPSA) is 33.2 Å². The van der Waals surface area contributed by atoms with Crippen LogP contribution < -0.4 is 0 Å². The second-order valence-corrected chi connectivity index (χ2v) is 7.62. The fourth-order valence-electron chi connectivity index (χ4n) is 3.25. The monoisotopic (exact) mass is 328 g/mol. The van der Waals surface area contributed by atoms with Crippen LogP contribution in [0.15, 0.2) is 29.3 Å². The standard InChI is InChI=1S/C19H24N2OS/c1-13-6-5-9-21(11-13)18(22)12-23-17-10-15(3)16-8-4-7-14(2)19(16)20-17/h4,7-8,10,13H,5-6,9,11-12H2,1-3H3/t13-/m1/s1. The molecule has 0 spiro atoms. The number of likely N-dealkylation sites (tertiary alicyclic amines) is 1. The summed E-state index contributed by atoms with van der Waals surface area (Å²) in [5.41, 5.74) is 3.46. The Kier molecular flexibility index (Phi) is 4.90. The third kappa shape index (κ3) is 3.69. The maximum atomic E-state index is 12.4. The van der Waals surface area contributed by atoms with E-state index in [9.17, 15) is 4.79 Å². The fourth-order valence-corrected chi connectivity index (χ4v) is 4.12. The smallest absolute Gasteiger partial charge is 0.232 e. The number of benzene rings is 1. The molecule has 0 bridgehead atoms. The van der Waals surface area contributed by atoms with Gasteiger partial charge in [0.25, 0.3) is 0 Å². The number of thioether (sulfide) groups is 1. The highest BCUT2D eigenvalue weighted by molar-refractivity contribution is 7.99. The Morgan fingerprint density at radius 1 is 1.35 bits per heavy atom. The molecular formula is C19H24N2OS. The van der Waals surface area contributed by atoms with E-state index in [-0.39, 0.29) is 5.91 Å². The Morgan fingerprint density at radius 2 is 2.17 bits per heavy atom. The number of carbonyl (C=O) groups is 1. The van der Waals surface area contributed by atoms with Crippen LogP contribution in [0.25, 0.3) is 10.9 Å². The number of carbonyl (C=O) groups excluding carboxylic acids is 1. The Morgan fingerprint density at radius 3 is 2.96 bits per heavy atom. The molecule has 0 unspecified atom stereocenters. The summed E-state index contributed by atoms with van der Waals surface area (Å²) >= 11 is 1.56. The van der Waals surface area contributed by atoms with Crippen molar-refractivity contribution in [2.75, 3.05) is 18.8 Å². The molecule has 1 aromatic heterocycles. The second kappa shape index (κ2) is 6.91. The zero-order chi connectivity index (χ0) is 16.4. The molecule has 1 atom stereocenters.